The highest BCUT2D eigenvalue weighted by Gasteiger charge is 2.25. The van der Waals surface area contributed by atoms with Crippen LogP contribution < -0.4 is 5.32 Å². The fourth-order valence-electron chi connectivity index (χ4n) is 1.80. The van der Waals surface area contributed by atoms with E-state index in [0.29, 0.717) is 6.61 Å². The summed E-state index contributed by atoms with van der Waals surface area (Å²) < 4.78 is 5.34. The molecule has 1 aliphatic rings. The van der Waals surface area contributed by atoms with Gasteiger partial charge in [-0.25, -0.2) is 0 Å². The summed E-state index contributed by atoms with van der Waals surface area (Å²) in [5, 5.41) is 12.2. The van der Waals surface area contributed by atoms with Crippen molar-refractivity contribution < 1.29 is 9.84 Å². The number of hydrogen-bond donors (Lipinski definition) is 2. The number of aliphatic hydroxyl groups is 1. The summed E-state index contributed by atoms with van der Waals surface area (Å²) in [7, 11) is 0. The van der Waals surface area contributed by atoms with Crippen LogP contribution in [-0.4, -0.2) is 37.0 Å². The lowest BCUT2D eigenvalue weighted by atomic mass is 9.92. The van der Waals surface area contributed by atoms with Gasteiger partial charge in [0.1, 0.15) is 0 Å². The van der Waals surface area contributed by atoms with Crippen LogP contribution in [0.3, 0.4) is 0 Å². The fourth-order valence-corrected chi connectivity index (χ4v) is 1.80. The van der Waals surface area contributed by atoms with Crippen molar-refractivity contribution in [3.8, 4) is 0 Å². The molecule has 0 radical (unpaired) electrons. The maximum Gasteiger partial charge on any atom is 0.0483 e. The Balaban J connectivity index is 2.03. The summed E-state index contributed by atoms with van der Waals surface area (Å²) in [5.74, 6) is 0. The average molecular weight is 201 g/mol. The number of unbranched alkanes of at least 4 members (excludes halogenated alkanes) is 2. The Bertz CT molecular complexity index is 144. The molecule has 0 unspecified atom stereocenters. The first-order chi connectivity index (χ1) is 6.77. The summed E-state index contributed by atoms with van der Waals surface area (Å²) >= 11 is 0. The van der Waals surface area contributed by atoms with Crippen LogP contribution in [0.1, 0.15) is 39.0 Å². The molecule has 0 aromatic carbocycles. The van der Waals surface area contributed by atoms with Gasteiger partial charge in [-0.3, -0.25) is 0 Å². The topological polar surface area (TPSA) is 41.5 Å². The number of hydrogen-bond acceptors (Lipinski definition) is 3. The van der Waals surface area contributed by atoms with Gasteiger partial charge in [0.2, 0.25) is 0 Å². The van der Waals surface area contributed by atoms with Gasteiger partial charge in [0.15, 0.2) is 0 Å². The summed E-state index contributed by atoms with van der Waals surface area (Å²) in [4.78, 5) is 0. The first-order valence-corrected chi connectivity index (χ1v) is 5.70. The lowest BCUT2D eigenvalue weighted by molar-refractivity contribution is 0.0452. The Labute approximate surface area is 86.8 Å². The first-order valence-electron chi connectivity index (χ1n) is 5.70. The van der Waals surface area contributed by atoms with Crippen molar-refractivity contribution in [3.63, 3.8) is 0 Å². The van der Waals surface area contributed by atoms with E-state index in [4.69, 9.17) is 9.84 Å². The molecule has 1 heterocycles. The molecule has 0 aromatic rings. The highest BCUT2D eigenvalue weighted by atomic mass is 16.5. The molecule has 0 atom stereocenters. The molecular formula is C11H23NO2. The summed E-state index contributed by atoms with van der Waals surface area (Å²) in [6.45, 7) is 5.45. The van der Waals surface area contributed by atoms with E-state index in [1.165, 1.54) is 0 Å². The van der Waals surface area contributed by atoms with E-state index in [9.17, 15) is 0 Å². The van der Waals surface area contributed by atoms with Crippen LogP contribution in [0.15, 0.2) is 0 Å². The van der Waals surface area contributed by atoms with Gasteiger partial charge in [0, 0.05) is 25.4 Å². The molecule has 0 amide bonds. The van der Waals surface area contributed by atoms with Crippen molar-refractivity contribution in [2.45, 2.75) is 44.6 Å². The van der Waals surface area contributed by atoms with Crippen LogP contribution >= 0.6 is 0 Å². The molecule has 2 N–H and O–H groups in total. The molecule has 1 saturated heterocycles. The van der Waals surface area contributed by atoms with Crippen molar-refractivity contribution in [2.24, 2.45) is 0 Å². The average Bonchev–Trinajstić information content (AvgIpc) is 2.18. The largest absolute Gasteiger partial charge is 0.396 e. The molecule has 0 bridgehead atoms. The Morgan fingerprint density at radius 1 is 1.21 bits per heavy atom. The third-order valence-corrected chi connectivity index (χ3v) is 2.98. The lowest BCUT2D eigenvalue weighted by Gasteiger charge is -2.34. The summed E-state index contributed by atoms with van der Waals surface area (Å²) in [5.41, 5.74) is 0.289. The second kappa shape index (κ2) is 6.38. The maximum atomic E-state index is 8.63. The van der Waals surface area contributed by atoms with Gasteiger partial charge in [0.05, 0.1) is 0 Å². The number of ether oxygens (including phenoxy) is 1. The summed E-state index contributed by atoms with van der Waals surface area (Å²) in [6.07, 6.45) is 5.45. The molecular weight excluding hydrogens is 178 g/mol. The van der Waals surface area contributed by atoms with Crippen molar-refractivity contribution in [1.29, 1.82) is 0 Å². The van der Waals surface area contributed by atoms with Crippen molar-refractivity contribution in [3.05, 3.63) is 0 Å². The second-order valence-electron chi connectivity index (χ2n) is 4.38. The van der Waals surface area contributed by atoms with Crippen molar-refractivity contribution in [2.75, 3.05) is 26.4 Å². The summed E-state index contributed by atoms with van der Waals surface area (Å²) in [6, 6.07) is 0. The monoisotopic (exact) mass is 201 g/mol. The van der Waals surface area contributed by atoms with Crippen LogP contribution in [0.4, 0.5) is 0 Å². The molecule has 0 aliphatic carbocycles. The van der Waals surface area contributed by atoms with Crippen LogP contribution in [0.2, 0.25) is 0 Å². The molecule has 0 saturated carbocycles. The van der Waals surface area contributed by atoms with Gasteiger partial charge >= 0.3 is 0 Å². The van der Waals surface area contributed by atoms with E-state index < -0.39 is 0 Å². The van der Waals surface area contributed by atoms with Gasteiger partial charge in [-0.05, 0) is 45.6 Å². The third kappa shape index (κ3) is 4.40. The molecule has 0 aromatic heterocycles. The SMILES string of the molecule is CC1(NCCCCCO)CCOCC1. The van der Waals surface area contributed by atoms with Gasteiger partial charge in [-0.2, -0.15) is 0 Å². The van der Waals surface area contributed by atoms with Crippen LogP contribution in [0.5, 0.6) is 0 Å². The molecule has 1 rings (SSSR count). The molecule has 0 spiro atoms. The Morgan fingerprint density at radius 2 is 1.93 bits per heavy atom. The predicted octanol–water partition coefficient (Wildman–Crippen LogP) is 1.31. The molecule has 3 nitrogen and oxygen atoms in total. The van der Waals surface area contributed by atoms with E-state index in [1.807, 2.05) is 0 Å². The fraction of sp³-hybridized carbons (Fsp3) is 1.00. The second-order valence-corrected chi connectivity index (χ2v) is 4.38. The minimum absolute atomic E-state index is 0.289. The van der Waals surface area contributed by atoms with Gasteiger partial charge in [-0.15, -0.1) is 0 Å². The zero-order chi connectivity index (χ0) is 10.3. The first kappa shape index (κ1) is 12.0. The van der Waals surface area contributed by atoms with E-state index in [-0.39, 0.29) is 5.54 Å². The normalized spacial score (nSPS) is 21.0. The highest BCUT2D eigenvalue weighted by molar-refractivity contribution is 4.84. The molecule has 1 fully saturated rings. The zero-order valence-corrected chi connectivity index (χ0v) is 9.22. The minimum Gasteiger partial charge on any atom is -0.396 e. The third-order valence-electron chi connectivity index (χ3n) is 2.98. The minimum atomic E-state index is 0.289. The lowest BCUT2D eigenvalue weighted by Crippen LogP contribution is -2.47. The van der Waals surface area contributed by atoms with Gasteiger partial charge < -0.3 is 15.2 Å². The van der Waals surface area contributed by atoms with E-state index in [2.05, 4.69) is 12.2 Å². The Hall–Kier alpha value is -0.120. The standard InChI is InChI=1S/C11H23NO2/c1-11(5-9-14-10-6-11)12-7-3-2-4-8-13/h12-13H,2-10H2,1H3. The van der Waals surface area contributed by atoms with Gasteiger partial charge in [0.25, 0.3) is 0 Å². The molecule has 3 heteroatoms. The number of rotatable bonds is 6. The highest BCUT2D eigenvalue weighted by Crippen LogP contribution is 2.19. The van der Waals surface area contributed by atoms with Crippen LogP contribution in [-0.2, 0) is 4.74 Å². The van der Waals surface area contributed by atoms with E-state index >= 15 is 0 Å². The molecule has 1 aliphatic heterocycles. The Kier molecular flexibility index (Phi) is 5.45. The Morgan fingerprint density at radius 3 is 2.57 bits per heavy atom. The number of aliphatic hydroxyl groups excluding tert-OH is 1. The smallest absolute Gasteiger partial charge is 0.0483 e. The molecule has 14 heavy (non-hydrogen) atoms. The zero-order valence-electron chi connectivity index (χ0n) is 9.22. The van der Waals surface area contributed by atoms with E-state index in [0.717, 1.165) is 51.9 Å². The van der Waals surface area contributed by atoms with E-state index in [1.54, 1.807) is 0 Å². The van der Waals surface area contributed by atoms with Crippen LogP contribution in [0, 0.1) is 0 Å². The molecule has 84 valence electrons. The van der Waals surface area contributed by atoms with Crippen LogP contribution in [0.25, 0.3) is 0 Å². The number of nitrogens with one attached hydrogen (secondary N) is 1. The maximum absolute atomic E-state index is 8.63. The van der Waals surface area contributed by atoms with Crippen molar-refractivity contribution in [1.82, 2.24) is 5.32 Å². The predicted molar refractivity (Wildman–Crippen MR) is 57.4 cm³/mol. The quantitative estimate of drug-likeness (QED) is 0.637. The van der Waals surface area contributed by atoms with Crippen molar-refractivity contribution >= 4 is 0 Å². The van der Waals surface area contributed by atoms with Gasteiger partial charge in [-0.1, -0.05) is 0 Å².